The molecule has 0 aliphatic carbocycles. The van der Waals surface area contributed by atoms with Gasteiger partial charge in [-0.05, 0) is 43.3 Å². The lowest BCUT2D eigenvalue weighted by molar-refractivity contribution is 0.104. The van der Waals surface area contributed by atoms with Crippen molar-refractivity contribution in [2.75, 3.05) is 13.7 Å². The molecule has 3 rings (SSSR count). The number of methoxy groups -OCH3 is 1. The van der Waals surface area contributed by atoms with Crippen molar-refractivity contribution in [3.05, 3.63) is 64.1 Å². The number of fused-ring (bicyclic) bond motifs is 1. The molecule has 0 saturated carbocycles. The second kappa shape index (κ2) is 7.09. The average Bonchev–Trinajstić information content (AvgIpc) is 2.99. The van der Waals surface area contributed by atoms with Gasteiger partial charge in [0.05, 0.1) is 24.8 Å². The number of carbonyl (C=O) groups is 1. The van der Waals surface area contributed by atoms with E-state index in [1.807, 2.05) is 25.1 Å². The maximum absolute atomic E-state index is 12.4. The highest BCUT2D eigenvalue weighted by Crippen LogP contribution is 2.32. The molecule has 6 nitrogen and oxygen atoms in total. The highest BCUT2D eigenvalue weighted by atomic mass is 16.5. The number of carbonyl (C=O) groups excluding carboxylic acids is 1. The van der Waals surface area contributed by atoms with Gasteiger partial charge in [0.15, 0.2) is 17.3 Å². The summed E-state index contributed by atoms with van der Waals surface area (Å²) in [4.78, 5) is 29.0. The van der Waals surface area contributed by atoms with Gasteiger partial charge in [0.2, 0.25) is 0 Å². The fourth-order valence-electron chi connectivity index (χ4n) is 2.60. The number of nitrogens with one attached hydrogen (secondary N) is 2. The van der Waals surface area contributed by atoms with Gasteiger partial charge in [-0.15, -0.1) is 0 Å². The number of benzene rings is 2. The molecule has 2 N–H and O–H groups in total. The van der Waals surface area contributed by atoms with E-state index in [0.717, 1.165) is 5.56 Å². The fourth-order valence-corrected chi connectivity index (χ4v) is 2.60. The van der Waals surface area contributed by atoms with Crippen LogP contribution in [0.2, 0.25) is 0 Å². The second-order valence-electron chi connectivity index (χ2n) is 5.35. The molecule has 0 aliphatic heterocycles. The summed E-state index contributed by atoms with van der Waals surface area (Å²) < 4.78 is 10.9. The highest BCUT2D eigenvalue weighted by molar-refractivity contribution is 6.08. The third kappa shape index (κ3) is 3.47. The van der Waals surface area contributed by atoms with E-state index in [4.69, 9.17) is 9.47 Å². The summed E-state index contributed by atoms with van der Waals surface area (Å²) >= 11 is 0. The molecule has 0 radical (unpaired) electrons. The molecule has 1 heterocycles. The molecule has 0 saturated heterocycles. The first-order valence-electron chi connectivity index (χ1n) is 7.86. The standard InChI is InChI=1S/C19H18N2O4/c1-3-25-17-6-4-5-12(18(17)24-2)8-10-16(22)13-7-9-14-15(11-13)21-19(23)20-14/h4-11H,3H2,1-2H3,(H2,20,21,23)/b10-8+. The average molecular weight is 338 g/mol. The molecule has 6 heteroatoms. The predicted molar refractivity (Wildman–Crippen MR) is 96.4 cm³/mol. The number of ketones is 1. The number of hydrogen-bond donors (Lipinski definition) is 2. The normalized spacial score (nSPS) is 11.1. The Balaban J connectivity index is 1.88. The van der Waals surface area contributed by atoms with E-state index < -0.39 is 0 Å². The molecule has 128 valence electrons. The lowest BCUT2D eigenvalue weighted by Crippen LogP contribution is -1.99. The molecule has 25 heavy (non-hydrogen) atoms. The van der Waals surface area contributed by atoms with Crippen LogP contribution in [-0.4, -0.2) is 29.5 Å². The summed E-state index contributed by atoms with van der Waals surface area (Å²) in [5.41, 5.74) is 2.20. The largest absolute Gasteiger partial charge is 0.492 e. The van der Waals surface area contributed by atoms with Crippen LogP contribution < -0.4 is 15.2 Å². The maximum Gasteiger partial charge on any atom is 0.323 e. The summed E-state index contributed by atoms with van der Waals surface area (Å²) in [5.74, 6) is 1.04. The number of para-hydroxylation sites is 1. The van der Waals surface area contributed by atoms with Crippen molar-refractivity contribution >= 4 is 22.9 Å². The van der Waals surface area contributed by atoms with Gasteiger partial charge in [-0.1, -0.05) is 12.1 Å². The molecule has 0 fully saturated rings. The first kappa shape index (κ1) is 16.6. The zero-order valence-electron chi connectivity index (χ0n) is 14.0. The van der Waals surface area contributed by atoms with E-state index in [1.54, 1.807) is 31.4 Å². The van der Waals surface area contributed by atoms with Gasteiger partial charge in [-0.25, -0.2) is 4.79 Å². The van der Waals surface area contributed by atoms with Crippen molar-refractivity contribution < 1.29 is 14.3 Å². The molecule has 0 amide bonds. The topological polar surface area (TPSA) is 84.2 Å². The SMILES string of the molecule is CCOc1cccc(/C=C/C(=O)c2ccc3[nH]c(=O)[nH]c3c2)c1OC. The van der Waals surface area contributed by atoms with Crippen LogP contribution in [0.25, 0.3) is 17.1 Å². The van der Waals surface area contributed by atoms with Crippen LogP contribution in [0.5, 0.6) is 11.5 Å². The van der Waals surface area contributed by atoms with Crippen molar-refractivity contribution in [2.45, 2.75) is 6.92 Å². The maximum atomic E-state index is 12.4. The van der Waals surface area contributed by atoms with E-state index >= 15 is 0 Å². The van der Waals surface area contributed by atoms with Crippen molar-refractivity contribution in [3.8, 4) is 11.5 Å². The van der Waals surface area contributed by atoms with Crippen molar-refractivity contribution in [1.29, 1.82) is 0 Å². The van der Waals surface area contributed by atoms with Crippen LogP contribution in [0.4, 0.5) is 0 Å². The summed E-state index contributed by atoms with van der Waals surface area (Å²) in [6, 6.07) is 10.5. The number of aromatic nitrogens is 2. The molecule has 0 bridgehead atoms. The van der Waals surface area contributed by atoms with Gasteiger partial charge >= 0.3 is 5.69 Å². The van der Waals surface area contributed by atoms with Crippen molar-refractivity contribution in [3.63, 3.8) is 0 Å². The summed E-state index contributed by atoms with van der Waals surface area (Å²) in [5, 5.41) is 0. The van der Waals surface area contributed by atoms with Crippen LogP contribution in [0.3, 0.4) is 0 Å². The Bertz CT molecular complexity index is 998. The zero-order valence-corrected chi connectivity index (χ0v) is 14.0. The van der Waals surface area contributed by atoms with E-state index in [-0.39, 0.29) is 11.5 Å². The van der Waals surface area contributed by atoms with E-state index in [9.17, 15) is 9.59 Å². The number of ether oxygens (including phenoxy) is 2. The Hall–Kier alpha value is -3.28. The lowest BCUT2D eigenvalue weighted by Gasteiger charge is -2.11. The number of aromatic amines is 2. The van der Waals surface area contributed by atoms with Gasteiger partial charge in [0.25, 0.3) is 0 Å². The number of H-pyrrole nitrogens is 2. The zero-order chi connectivity index (χ0) is 17.8. The third-order valence-electron chi connectivity index (χ3n) is 3.73. The van der Waals surface area contributed by atoms with E-state index in [2.05, 4.69) is 9.97 Å². The molecule has 0 aliphatic rings. The Morgan fingerprint density at radius 1 is 1.16 bits per heavy atom. The molecular weight excluding hydrogens is 320 g/mol. The monoisotopic (exact) mass is 338 g/mol. The van der Waals surface area contributed by atoms with Crippen molar-refractivity contribution in [1.82, 2.24) is 9.97 Å². The van der Waals surface area contributed by atoms with Crippen molar-refractivity contribution in [2.24, 2.45) is 0 Å². The van der Waals surface area contributed by atoms with E-state index in [0.29, 0.717) is 34.7 Å². The minimum absolute atomic E-state index is 0.173. The first-order valence-corrected chi connectivity index (χ1v) is 7.86. The van der Waals surface area contributed by atoms with E-state index in [1.165, 1.54) is 6.08 Å². The molecular formula is C19H18N2O4. The minimum Gasteiger partial charge on any atom is -0.492 e. The number of rotatable bonds is 6. The number of hydrogen-bond acceptors (Lipinski definition) is 4. The number of allylic oxidation sites excluding steroid dienone is 1. The first-order chi connectivity index (χ1) is 12.1. The third-order valence-corrected chi connectivity index (χ3v) is 3.73. The van der Waals surface area contributed by atoms with Gasteiger partial charge < -0.3 is 19.4 Å². The van der Waals surface area contributed by atoms with Gasteiger partial charge in [-0.2, -0.15) is 0 Å². The van der Waals surface area contributed by atoms with Gasteiger partial charge in [0, 0.05) is 11.1 Å². The predicted octanol–water partition coefficient (Wildman–Crippen LogP) is 3.16. The highest BCUT2D eigenvalue weighted by Gasteiger charge is 2.09. The summed E-state index contributed by atoms with van der Waals surface area (Å²) in [6.45, 7) is 2.42. The van der Waals surface area contributed by atoms with Gasteiger partial charge in [0.1, 0.15) is 0 Å². The second-order valence-corrected chi connectivity index (χ2v) is 5.35. The summed E-state index contributed by atoms with van der Waals surface area (Å²) in [7, 11) is 1.56. The van der Waals surface area contributed by atoms with Crippen LogP contribution in [0.1, 0.15) is 22.8 Å². The molecule has 3 aromatic rings. The van der Waals surface area contributed by atoms with Crippen LogP contribution in [0.15, 0.2) is 47.3 Å². The number of imidazole rings is 1. The molecule has 2 aromatic carbocycles. The Morgan fingerprint density at radius 2 is 1.96 bits per heavy atom. The molecule has 0 atom stereocenters. The minimum atomic E-state index is -0.299. The fraction of sp³-hybridized carbons (Fsp3) is 0.158. The lowest BCUT2D eigenvalue weighted by atomic mass is 10.1. The molecule has 1 aromatic heterocycles. The van der Waals surface area contributed by atoms with Gasteiger partial charge in [-0.3, -0.25) is 4.79 Å². The van der Waals surface area contributed by atoms with Crippen LogP contribution >= 0.6 is 0 Å². The Morgan fingerprint density at radius 3 is 2.72 bits per heavy atom. The Labute approximate surface area is 144 Å². The Kier molecular flexibility index (Phi) is 4.70. The summed E-state index contributed by atoms with van der Waals surface area (Å²) in [6.07, 6.45) is 3.16. The van der Waals surface area contributed by atoms with Crippen LogP contribution in [-0.2, 0) is 0 Å². The quantitative estimate of drug-likeness (QED) is 0.534. The molecule has 0 unspecified atom stereocenters. The smallest absolute Gasteiger partial charge is 0.323 e. The van der Waals surface area contributed by atoms with Crippen LogP contribution in [0, 0.1) is 0 Å². The molecule has 0 spiro atoms.